The maximum Gasteiger partial charge on any atom is -0.0162 e. The maximum absolute atomic E-state index is 3.74. The first-order valence-electron chi connectivity index (χ1n) is 7.04. The Balaban J connectivity index is 0.000000249. The number of benzene rings is 1. The van der Waals surface area contributed by atoms with Gasteiger partial charge in [0.25, 0.3) is 0 Å². The molecule has 94 valence electrons. The van der Waals surface area contributed by atoms with Crippen LogP contribution in [0.4, 0.5) is 0 Å². The van der Waals surface area contributed by atoms with Gasteiger partial charge in [0.1, 0.15) is 0 Å². The lowest BCUT2D eigenvalue weighted by atomic mass is 9.80. The number of rotatable bonds is 4. The Kier molecular flexibility index (Phi) is 6.69. The summed E-state index contributed by atoms with van der Waals surface area (Å²) in [5, 5.41) is 0. The van der Waals surface area contributed by atoms with Crippen LogP contribution in [0.15, 0.2) is 30.8 Å². The summed E-state index contributed by atoms with van der Waals surface area (Å²) < 4.78 is 0. The van der Waals surface area contributed by atoms with Crippen LogP contribution in [-0.2, 0) is 0 Å². The van der Waals surface area contributed by atoms with Gasteiger partial charge < -0.3 is 0 Å². The lowest BCUT2D eigenvalue weighted by Crippen LogP contribution is -2.08. The van der Waals surface area contributed by atoms with Crippen LogP contribution in [0.3, 0.4) is 0 Å². The summed E-state index contributed by atoms with van der Waals surface area (Å²) in [6.45, 7) is 8.16. The van der Waals surface area contributed by atoms with Gasteiger partial charge in [-0.15, -0.1) is 0 Å². The fourth-order valence-corrected chi connectivity index (χ4v) is 2.00. The Bertz CT molecular complexity index is 301. The molecular weight excluding hydrogens is 204 g/mol. The van der Waals surface area contributed by atoms with Crippen LogP contribution in [0.5, 0.6) is 0 Å². The topological polar surface area (TPSA) is 0 Å². The molecule has 0 atom stereocenters. The molecule has 0 heterocycles. The molecule has 0 bridgehead atoms. The third-order valence-corrected chi connectivity index (χ3v) is 3.46. The lowest BCUT2D eigenvalue weighted by molar-refractivity contribution is 0.420. The average Bonchev–Trinajstić information content (AvgIpc) is 2.30. The minimum absolute atomic E-state index is 0.851. The van der Waals surface area contributed by atoms with Crippen molar-refractivity contribution < 1.29 is 0 Å². The van der Waals surface area contributed by atoms with Gasteiger partial charge in [0.2, 0.25) is 0 Å². The molecule has 0 radical (unpaired) electrons. The predicted octanol–water partition coefficient (Wildman–Crippen LogP) is 5.79. The van der Waals surface area contributed by atoms with Gasteiger partial charge in [-0.3, -0.25) is 0 Å². The van der Waals surface area contributed by atoms with Crippen LogP contribution in [-0.4, -0.2) is 0 Å². The Morgan fingerprint density at radius 2 is 1.71 bits per heavy atom. The molecule has 2 rings (SSSR count). The third-order valence-electron chi connectivity index (χ3n) is 3.46. The van der Waals surface area contributed by atoms with E-state index in [4.69, 9.17) is 0 Å². The highest BCUT2D eigenvalue weighted by Crippen LogP contribution is 2.36. The van der Waals surface area contributed by atoms with E-state index in [2.05, 4.69) is 44.7 Å². The second kappa shape index (κ2) is 8.11. The minimum Gasteiger partial charge on any atom is -0.0985 e. The van der Waals surface area contributed by atoms with Crippen molar-refractivity contribution in [2.45, 2.75) is 58.3 Å². The molecule has 1 aromatic rings. The first-order valence-corrected chi connectivity index (χ1v) is 7.04. The summed E-state index contributed by atoms with van der Waals surface area (Å²) in [5.41, 5.74) is 2.73. The third kappa shape index (κ3) is 4.77. The number of hydrogen-bond acceptors (Lipinski definition) is 0. The van der Waals surface area contributed by atoms with Crippen molar-refractivity contribution in [3.05, 3.63) is 42.0 Å². The Hall–Kier alpha value is -1.04. The van der Waals surface area contributed by atoms with Crippen molar-refractivity contribution in [1.29, 1.82) is 0 Å². The largest absolute Gasteiger partial charge is 0.0985 e. The Labute approximate surface area is 107 Å². The number of hydrogen-bond donors (Lipinski definition) is 0. The van der Waals surface area contributed by atoms with Crippen LogP contribution in [0, 0.1) is 0 Å². The van der Waals surface area contributed by atoms with Gasteiger partial charge in [-0.25, -0.2) is 0 Å². The molecule has 17 heavy (non-hydrogen) atoms. The van der Waals surface area contributed by atoms with Crippen LogP contribution in [0.1, 0.15) is 69.4 Å². The first kappa shape index (κ1) is 14.0. The second-order valence-electron chi connectivity index (χ2n) is 4.85. The van der Waals surface area contributed by atoms with Crippen LogP contribution < -0.4 is 0 Å². The van der Waals surface area contributed by atoms with E-state index in [0.717, 1.165) is 5.92 Å². The average molecular weight is 230 g/mol. The summed E-state index contributed by atoms with van der Waals surface area (Å²) in [6, 6.07) is 8.78. The van der Waals surface area contributed by atoms with E-state index in [0.29, 0.717) is 0 Å². The van der Waals surface area contributed by atoms with Crippen LogP contribution in [0.25, 0.3) is 6.08 Å². The van der Waals surface area contributed by atoms with Crippen molar-refractivity contribution >= 4 is 6.08 Å². The van der Waals surface area contributed by atoms with Gasteiger partial charge in [0.05, 0.1) is 0 Å². The highest BCUT2D eigenvalue weighted by molar-refractivity contribution is 5.47. The van der Waals surface area contributed by atoms with E-state index in [1.165, 1.54) is 49.7 Å². The van der Waals surface area contributed by atoms with Gasteiger partial charge in [-0.2, -0.15) is 0 Å². The SMILES string of the molecule is C=Cc1ccc(C2CCC2)cc1.CCCCC. The predicted molar refractivity (Wildman–Crippen MR) is 78.3 cm³/mol. The van der Waals surface area contributed by atoms with Crippen LogP contribution in [0.2, 0.25) is 0 Å². The maximum atomic E-state index is 3.74. The molecule has 0 saturated heterocycles. The molecule has 1 aliphatic carbocycles. The zero-order valence-electron chi connectivity index (χ0n) is 11.4. The molecule has 0 spiro atoms. The van der Waals surface area contributed by atoms with Gasteiger partial charge in [0, 0.05) is 0 Å². The van der Waals surface area contributed by atoms with Crippen molar-refractivity contribution in [3.63, 3.8) is 0 Å². The van der Waals surface area contributed by atoms with E-state index in [1.54, 1.807) is 0 Å². The highest BCUT2D eigenvalue weighted by Gasteiger charge is 2.18. The Morgan fingerprint density at radius 3 is 2.00 bits per heavy atom. The molecule has 0 unspecified atom stereocenters. The molecule has 0 heteroatoms. The molecule has 0 amide bonds. The van der Waals surface area contributed by atoms with E-state index in [-0.39, 0.29) is 0 Å². The van der Waals surface area contributed by atoms with Crippen molar-refractivity contribution in [1.82, 2.24) is 0 Å². The van der Waals surface area contributed by atoms with Crippen molar-refractivity contribution in [3.8, 4) is 0 Å². The van der Waals surface area contributed by atoms with Gasteiger partial charge in [0.15, 0.2) is 0 Å². The quantitative estimate of drug-likeness (QED) is 0.613. The zero-order chi connectivity index (χ0) is 12.5. The molecule has 0 aromatic heterocycles. The minimum atomic E-state index is 0.851. The molecular formula is C17H26. The van der Waals surface area contributed by atoms with E-state index in [9.17, 15) is 0 Å². The molecule has 1 aromatic carbocycles. The molecule has 1 aliphatic rings. The monoisotopic (exact) mass is 230 g/mol. The van der Waals surface area contributed by atoms with E-state index >= 15 is 0 Å². The van der Waals surface area contributed by atoms with Crippen molar-refractivity contribution in [2.24, 2.45) is 0 Å². The lowest BCUT2D eigenvalue weighted by Gasteiger charge is -2.25. The smallest absolute Gasteiger partial charge is 0.0162 e. The second-order valence-corrected chi connectivity index (χ2v) is 4.85. The molecule has 0 nitrogen and oxygen atoms in total. The summed E-state index contributed by atoms with van der Waals surface area (Å²) in [6.07, 6.45) is 10.1. The highest BCUT2D eigenvalue weighted by atomic mass is 14.2. The summed E-state index contributed by atoms with van der Waals surface area (Å²) in [5.74, 6) is 0.851. The molecule has 0 aliphatic heterocycles. The van der Waals surface area contributed by atoms with Crippen LogP contribution >= 0.6 is 0 Å². The summed E-state index contributed by atoms with van der Waals surface area (Å²) in [4.78, 5) is 0. The molecule has 0 N–H and O–H groups in total. The standard InChI is InChI=1S/C12H14.C5H12/c1-2-10-6-8-12(9-7-10)11-4-3-5-11;1-3-5-4-2/h2,6-9,11H,1,3-5H2;3-5H2,1-2H3. The van der Waals surface area contributed by atoms with E-state index in [1.807, 2.05) is 6.08 Å². The zero-order valence-corrected chi connectivity index (χ0v) is 11.4. The summed E-state index contributed by atoms with van der Waals surface area (Å²) >= 11 is 0. The first-order chi connectivity index (χ1) is 8.31. The molecule has 1 saturated carbocycles. The van der Waals surface area contributed by atoms with E-state index < -0.39 is 0 Å². The normalized spacial score (nSPS) is 14.5. The number of unbranched alkanes of at least 4 members (excludes halogenated alkanes) is 2. The van der Waals surface area contributed by atoms with Gasteiger partial charge in [-0.05, 0) is 29.9 Å². The Morgan fingerprint density at radius 1 is 1.12 bits per heavy atom. The molecule has 1 fully saturated rings. The fraction of sp³-hybridized carbons (Fsp3) is 0.529. The van der Waals surface area contributed by atoms with Gasteiger partial charge >= 0.3 is 0 Å². The van der Waals surface area contributed by atoms with Crippen molar-refractivity contribution in [2.75, 3.05) is 0 Å². The fourth-order valence-electron chi connectivity index (χ4n) is 2.00. The van der Waals surface area contributed by atoms with Gasteiger partial charge in [-0.1, -0.05) is 76.5 Å². The summed E-state index contributed by atoms with van der Waals surface area (Å²) in [7, 11) is 0.